The summed E-state index contributed by atoms with van der Waals surface area (Å²) in [5, 5.41) is 2.67. The molecule has 1 rings (SSSR count). The number of carbonyl (C=O) groups is 1. The van der Waals surface area contributed by atoms with Crippen molar-refractivity contribution in [1.82, 2.24) is 5.32 Å². The summed E-state index contributed by atoms with van der Waals surface area (Å²) < 4.78 is 3.65. The Balaban J connectivity index is 2.56. The van der Waals surface area contributed by atoms with Crippen molar-refractivity contribution in [1.29, 1.82) is 0 Å². The zero-order valence-electron chi connectivity index (χ0n) is 9.59. The third-order valence-corrected chi connectivity index (χ3v) is 3.06. The summed E-state index contributed by atoms with van der Waals surface area (Å²) in [6, 6.07) is -0.224. The molecule has 0 bridgehead atoms. The second-order valence-electron chi connectivity index (χ2n) is 3.94. The van der Waals surface area contributed by atoms with Gasteiger partial charge in [0.05, 0.1) is 18.8 Å². The fourth-order valence-electron chi connectivity index (χ4n) is 1.65. The molecule has 0 saturated carbocycles. The standard InChI is InChI=1S/C11H16Cl3NO2/c1-2-3-6-9-8(5-4-7-17-9)15-10(16)11(12,13)14/h4-5,8-9H,2-3,6-7H2,1H3,(H,15,16)/t8-,9+/m1/s1. The van der Waals surface area contributed by atoms with Crippen LogP contribution < -0.4 is 5.32 Å². The van der Waals surface area contributed by atoms with E-state index >= 15 is 0 Å². The first-order valence-electron chi connectivity index (χ1n) is 5.61. The van der Waals surface area contributed by atoms with Crippen LogP contribution in [0.5, 0.6) is 0 Å². The second kappa shape index (κ2) is 6.83. The lowest BCUT2D eigenvalue weighted by molar-refractivity contribution is -0.121. The van der Waals surface area contributed by atoms with Gasteiger partial charge in [0.1, 0.15) is 0 Å². The molecule has 1 aliphatic heterocycles. The topological polar surface area (TPSA) is 38.3 Å². The Morgan fingerprint density at radius 3 is 2.82 bits per heavy atom. The molecule has 0 fully saturated rings. The van der Waals surface area contributed by atoms with Crippen LogP contribution in [-0.2, 0) is 9.53 Å². The first-order valence-corrected chi connectivity index (χ1v) is 6.74. The van der Waals surface area contributed by atoms with E-state index in [9.17, 15) is 4.79 Å². The predicted molar refractivity (Wildman–Crippen MR) is 70.6 cm³/mol. The number of amides is 1. The molecule has 1 amide bonds. The Kier molecular flexibility index (Phi) is 6.07. The molecule has 0 aromatic carbocycles. The number of halogens is 3. The van der Waals surface area contributed by atoms with Gasteiger partial charge in [0, 0.05) is 0 Å². The molecular weight excluding hydrogens is 284 g/mol. The number of hydrogen-bond acceptors (Lipinski definition) is 2. The Labute approximate surface area is 116 Å². The van der Waals surface area contributed by atoms with Crippen molar-refractivity contribution in [2.45, 2.75) is 42.1 Å². The fourth-order valence-corrected chi connectivity index (χ4v) is 1.82. The van der Waals surface area contributed by atoms with Crippen LogP contribution in [0.3, 0.4) is 0 Å². The highest BCUT2D eigenvalue weighted by Crippen LogP contribution is 2.26. The number of carbonyl (C=O) groups excluding carboxylic acids is 1. The Hall–Kier alpha value is 0.0400. The van der Waals surface area contributed by atoms with Gasteiger partial charge in [-0.2, -0.15) is 0 Å². The van der Waals surface area contributed by atoms with E-state index in [1.54, 1.807) is 0 Å². The van der Waals surface area contributed by atoms with Crippen LogP contribution in [0.15, 0.2) is 12.2 Å². The maximum atomic E-state index is 11.6. The van der Waals surface area contributed by atoms with Crippen molar-refractivity contribution < 1.29 is 9.53 Å². The Morgan fingerprint density at radius 2 is 2.24 bits per heavy atom. The van der Waals surface area contributed by atoms with E-state index in [1.165, 1.54) is 0 Å². The van der Waals surface area contributed by atoms with Crippen molar-refractivity contribution in [3.63, 3.8) is 0 Å². The number of hydrogen-bond donors (Lipinski definition) is 1. The van der Waals surface area contributed by atoms with Crippen LogP contribution in [-0.4, -0.2) is 28.5 Å². The molecule has 2 atom stereocenters. The van der Waals surface area contributed by atoms with E-state index in [4.69, 9.17) is 39.5 Å². The van der Waals surface area contributed by atoms with Gasteiger partial charge >= 0.3 is 0 Å². The summed E-state index contributed by atoms with van der Waals surface area (Å²) in [6.45, 7) is 2.67. The molecule has 0 aliphatic carbocycles. The van der Waals surface area contributed by atoms with Crippen molar-refractivity contribution in [3.8, 4) is 0 Å². The van der Waals surface area contributed by atoms with Crippen molar-refractivity contribution in [2.75, 3.05) is 6.61 Å². The molecular formula is C11H16Cl3NO2. The smallest absolute Gasteiger partial charge is 0.272 e. The monoisotopic (exact) mass is 299 g/mol. The van der Waals surface area contributed by atoms with E-state index in [0.29, 0.717) is 6.61 Å². The largest absolute Gasteiger partial charge is 0.372 e. The third kappa shape index (κ3) is 5.04. The summed E-state index contributed by atoms with van der Waals surface area (Å²) in [5.74, 6) is -0.621. The summed E-state index contributed by atoms with van der Waals surface area (Å²) in [4.78, 5) is 11.6. The summed E-state index contributed by atoms with van der Waals surface area (Å²) >= 11 is 16.5. The van der Waals surface area contributed by atoms with Crippen LogP contribution in [0, 0.1) is 0 Å². The first kappa shape index (κ1) is 15.1. The zero-order valence-corrected chi connectivity index (χ0v) is 11.9. The number of rotatable bonds is 4. The van der Waals surface area contributed by atoms with Crippen LogP contribution in [0.1, 0.15) is 26.2 Å². The molecule has 6 heteroatoms. The third-order valence-electron chi connectivity index (χ3n) is 2.55. The van der Waals surface area contributed by atoms with Gasteiger partial charge in [-0.15, -0.1) is 0 Å². The molecule has 1 N–H and O–H groups in total. The molecule has 0 unspecified atom stereocenters. The lowest BCUT2D eigenvalue weighted by Crippen LogP contribution is -2.48. The molecule has 0 aromatic rings. The van der Waals surface area contributed by atoms with Gasteiger partial charge in [-0.25, -0.2) is 0 Å². The molecule has 0 aromatic heterocycles. The molecule has 0 radical (unpaired) electrons. The minimum absolute atomic E-state index is 0.0451. The van der Waals surface area contributed by atoms with Gasteiger partial charge in [0.25, 0.3) is 9.70 Å². The molecule has 0 saturated heterocycles. The van der Waals surface area contributed by atoms with Gasteiger partial charge in [-0.05, 0) is 6.42 Å². The van der Waals surface area contributed by atoms with E-state index in [-0.39, 0.29) is 12.1 Å². The second-order valence-corrected chi connectivity index (χ2v) is 6.22. The molecule has 17 heavy (non-hydrogen) atoms. The van der Waals surface area contributed by atoms with Gasteiger partial charge < -0.3 is 10.1 Å². The van der Waals surface area contributed by atoms with E-state index in [0.717, 1.165) is 19.3 Å². The molecule has 98 valence electrons. The molecule has 3 nitrogen and oxygen atoms in total. The summed E-state index contributed by atoms with van der Waals surface area (Å²) in [5.41, 5.74) is 0. The number of unbranched alkanes of at least 4 members (excludes halogenated alkanes) is 1. The minimum Gasteiger partial charge on any atom is -0.372 e. The number of alkyl halides is 3. The lowest BCUT2D eigenvalue weighted by Gasteiger charge is -2.29. The van der Waals surface area contributed by atoms with Crippen LogP contribution in [0.2, 0.25) is 0 Å². The minimum atomic E-state index is -1.93. The SMILES string of the molecule is CCCC[C@@H]1OCC=C[C@H]1NC(=O)C(Cl)(Cl)Cl. The number of nitrogens with one attached hydrogen (secondary N) is 1. The molecule has 1 heterocycles. The predicted octanol–water partition coefficient (Wildman–Crippen LogP) is 2.99. The highest BCUT2D eigenvalue weighted by Gasteiger charge is 2.34. The quantitative estimate of drug-likeness (QED) is 0.640. The van der Waals surface area contributed by atoms with E-state index in [1.807, 2.05) is 12.2 Å². The normalized spacial score (nSPS) is 24.7. The van der Waals surface area contributed by atoms with Gasteiger partial charge in [0.15, 0.2) is 0 Å². The van der Waals surface area contributed by atoms with E-state index in [2.05, 4.69) is 12.2 Å². The lowest BCUT2D eigenvalue weighted by atomic mass is 10.0. The first-order chi connectivity index (χ1) is 7.95. The Bertz CT molecular complexity index is 289. The fraction of sp³-hybridized carbons (Fsp3) is 0.727. The van der Waals surface area contributed by atoms with Crippen LogP contribution >= 0.6 is 34.8 Å². The Morgan fingerprint density at radius 1 is 1.53 bits per heavy atom. The average molecular weight is 301 g/mol. The molecule has 1 aliphatic rings. The zero-order chi connectivity index (χ0) is 12.9. The average Bonchev–Trinajstić information content (AvgIpc) is 2.26. The highest BCUT2D eigenvalue weighted by atomic mass is 35.6. The summed E-state index contributed by atoms with van der Waals surface area (Å²) in [6.07, 6.45) is 6.69. The maximum absolute atomic E-state index is 11.6. The van der Waals surface area contributed by atoms with Crippen molar-refractivity contribution in [2.24, 2.45) is 0 Å². The van der Waals surface area contributed by atoms with Crippen molar-refractivity contribution >= 4 is 40.7 Å². The highest BCUT2D eigenvalue weighted by molar-refractivity contribution is 6.76. The van der Waals surface area contributed by atoms with Gasteiger partial charge in [-0.3, -0.25) is 4.79 Å². The van der Waals surface area contributed by atoms with Gasteiger partial charge in [0.2, 0.25) is 0 Å². The van der Waals surface area contributed by atoms with Crippen LogP contribution in [0.25, 0.3) is 0 Å². The summed E-state index contributed by atoms with van der Waals surface area (Å²) in [7, 11) is 0. The van der Waals surface area contributed by atoms with Crippen molar-refractivity contribution in [3.05, 3.63) is 12.2 Å². The van der Waals surface area contributed by atoms with Gasteiger partial charge in [-0.1, -0.05) is 66.7 Å². The molecule has 0 spiro atoms. The van der Waals surface area contributed by atoms with E-state index < -0.39 is 9.70 Å². The maximum Gasteiger partial charge on any atom is 0.272 e. The van der Waals surface area contributed by atoms with Crippen LogP contribution in [0.4, 0.5) is 0 Å². The number of ether oxygens (including phenoxy) is 1.